The highest BCUT2D eigenvalue weighted by Crippen LogP contribution is 2.19. The van der Waals surface area contributed by atoms with Crippen LogP contribution in [0.25, 0.3) is 12.2 Å². The molecule has 1 aliphatic rings. The molecule has 8 nitrogen and oxygen atoms in total. The molecule has 0 radical (unpaired) electrons. The zero-order valence-corrected chi connectivity index (χ0v) is 21.0. The summed E-state index contributed by atoms with van der Waals surface area (Å²) in [6, 6.07) is 23.9. The molecule has 3 aromatic carbocycles. The van der Waals surface area contributed by atoms with Crippen LogP contribution in [-0.4, -0.2) is 41.8 Å². The molecule has 0 bridgehead atoms. The number of benzene rings is 3. The number of amides is 1. The molecule has 1 aliphatic heterocycles. The molecule has 0 atom stereocenters. The molecule has 0 saturated carbocycles. The molecular formula is C30H28N4O4. The van der Waals surface area contributed by atoms with Crippen LogP contribution in [0.3, 0.4) is 0 Å². The number of rotatable bonds is 5. The minimum atomic E-state index is -0.363. The van der Waals surface area contributed by atoms with Gasteiger partial charge in [0.1, 0.15) is 10.7 Å². The number of aromatic nitrogens is 2. The molecule has 0 aliphatic carbocycles. The van der Waals surface area contributed by atoms with Gasteiger partial charge in [-0.05, 0) is 59.7 Å². The minimum absolute atomic E-state index is 0.167. The molecule has 2 N–H and O–H groups in total. The first-order chi connectivity index (χ1) is 18.5. The number of aromatic amines is 1. The molecule has 38 heavy (non-hydrogen) atoms. The highest BCUT2D eigenvalue weighted by atomic mass is 16.5. The van der Waals surface area contributed by atoms with E-state index in [9.17, 15) is 14.4 Å². The second-order valence-corrected chi connectivity index (χ2v) is 9.04. The maximum atomic E-state index is 12.9. The molecule has 1 saturated heterocycles. The Morgan fingerprint density at radius 2 is 1.53 bits per heavy atom. The number of morpholine rings is 1. The van der Waals surface area contributed by atoms with E-state index in [1.807, 2.05) is 54.6 Å². The van der Waals surface area contributed by atoms with Crippen LogP contribution < -0.4 is 32.0 Å². The van der Waals surface area contributed by atoms with E-state index < -0.39 is 0 Å². The summed E-state index contributed by atoms with van der Waals surface area (Å²) in [5, 5.41) is 3.34. The van der Waals surface area contributed by atoms with E-state index in [-0.39, 0.29) is 27.7 Å². The maximum Gasteiger partial charge on any atom is 0.274 e. The lowest BCUT2D eigenvalue weighted by molar-refractivity contribution is 0.102. The number of carbonyl (C=O) groups is 1. The third kappa shape index (κ3) is 5.66. The molecule has 4 aromatic rings. The smallest absolute Gasteiger partial charge is 0.274 e. The third-order valence-electron chi connectivity index (χ3n) is 6.47. The maximum absolute atomic E-state index is 12.9. The van der Waals surface area contributed by atoms with Crippen LogP contribution in [-0.2, 0) is 11.8 Å². The van der Waals surface area contributed by atoms with Crippen molar-refractivity contribution in [3.8, 4) is 0 Å². The van der Waals surface area contributed by atoms with Gasteiger partial charge < -0.3 is 24.5 Å². The van der Waals surface area contributed by atoms with Crippen LogP contribution >= 0.6 is 0 Å². The van der Waals surface area contributed by atoms with E-state index in [0.717, 1.165) is 37.6 Å². The van der Waals surface area contributed by atoms with Crippen molar-refractivity contribution < 1.29 is 9.53 Å². The van der Waals surface area contributed by atoms with Crippen molar-refractivity contribution in [1.29, 1.82) is 0 Å². The summed E-state index contributed by atoms with van der Waals surface area (Å²) in [6.07, 6.45) is 3.27. The Hall–Kier alpha value is -4.69. The number of ether oxygens (including phenoxy) is 1. The third-order valence-corrected chi connectivity index (χ3v) is 6.47. The predicted molar refractivity (Wildman–Crippen MR) is 149 cm³/mol. The van der Waals surface area contributed by atoms with E-state index >= 15 is 0 Å². The van der Waals surface area contributed by atoms with Gasteiger partial charge in [-0.1, -0.05) is 42.5 Å². The minimum Gasteiger partial charge on any atom is -0.378 e. The van der Waals surface area contributed by atoms with Crippen LogP contribution in [0.15, 0.2) is 88.5 Å². The Bertz CT molecular complexity index is 1670. The Kier molecular flexibility index (Phi) is 7.33. The Morgan fingerprint density at radius 1 is 0.868 bits per heavy atom. The summed E-state index contributed by atoms with van der Waals surface area (Å²) in [7, 11) is 1.57. The number of anilines is 2. The highest BCUT2D eigenvalue weighted by molar-refractivity contribution is 6.04. The number of hydrogen-bond donors (Lipinski definition) is 2. The molecule has 5 rings (SSSR count). The zero-order valence-electron chi connectivity index (χ0n) is 21.0. The van der Waals surface area contributed by atoms with Gasteiger partial charge in [0.25, 0.3) is 17.0 Å². The highest BCUT2D eigenvalue weighted by Gasteiger charge is 2.12. The monoisotopic (exact) mass is 508 g/mol. The van der Waals surface area contributed by atoms with Crippen LogP contribution in [0.1, 0.15) is 21.5 Å². The van der Waals surface area contributed by atoms with Crippen molar-refractivity contribution in [2.45, 2.75) is 0 Å². The van der Waals surface area contributed by atoms with E-state index in [1.54, 1.807) is 43.5 Å². The molecule has 2 heterocycles. The van der Waals surface area contributed by atoms with Gasteiger partial charge in [0.2, 0.25) is 0 Å². The molecule has 192 valence electrons. The number of H-pyrrole nitrogens is 1. The van der Waals surface area contributed by atoms with E-state index in [0.29, 0.717) is 16.8 Å². The molecule has 1 fully saturated rings. The van der Waals surface area contributed by atoms with Gasteiger partial charge in [-0.2, -0.15) is 0 Å². The normalized spacial score (nSPS) is 14.5. The lowest BCUT2D eigenvalue weighted by Crippen LogP contribution is -2.52. The van der Waals surface area contributed by atoms with Crippen molar-refractivity contribution in [2.75, 3.05) is 36.5 Å². The van der Waals surface area contributed by atoms with Gasteiger partial charge in [0, 0.05) is 37.1 Å². The van der Waals surface area contributed by atoms with E-state index in [2.05, 4.69) is 15.2 Å². The van der Waals surface area contributed by atoms with Crippen LogP contribution in [0, 0.1) is 0 Å². The fraction of sp³-hybridized carbons (Fsp3) is 0.167. The SMILES string of the molecule is Cn1c(=O)/c(=C/c2ccc(C(=O)Nc3ccc(N4CCOCC4)cc3)cc2)[nH]c(=O)/c1=C/c1ccccc1. The van der Waals surface area contributed by atoms with Crippen molar-refractivity contribution >= 4 is 29.4 Å². The molecule has 0 unspecified atom stereocenters. The van der Waals surface area contributed by atoms with Gasteiger partial charge >= 0.3 is 0 Å². The van der Waals surface area contributed by atoms with Crippen LogP contribution in [0.5, 0.6) is 0 Å². The van der Waals surface area contributed by atoms with Crippen LogP contribution in [0.2, 0.25) is 0 Å². The molecule has 1 amide bonds. The summed E-state index contributed by atoms with van der Waals surface area (Å²) in [5.74, 6) is -0.235. The predicted octanol–water partition coefficient (Wildman–Crippen LogP) is 1.82. The lowest BCUT2D eigenvalue weighted by atomic mass is 10.1. The first kappa shape index (κ1) is 25.0. The van der Waals surface area contributed by atoms with Crippen molar-refractivity contribution in [3.63, 3.8) is 0 Å². The molecule has 8 heteroatoms. The van der Waals surface area contributed by atoms with Gasteiger partial charge in [-0.25, -0.2) is 0 Å². The Balaban J connectivity index is 1.32. The standard InChI is InChI=1S/C30H28N4O4/c1-33-27(20-21-5-3-2-4-6-21)29(36)32-26(30(33)37)19-22-7-9-23(10-8-22)28(35)31-24-11-13-25(14-12-24)34-15-17-38-18-16-34/h2-14,19-20H,15-18H2,1H3,(H,31,35)(H,32,36)/b26-19-,27-20-. The number of carbonyl (C=O) groups excluding carboxylic acids is 1. The summed E-state index contributed by atoms with van der Waals surface area (Å²) in [6.45, 7) is 3.14. The molecular weight excluding hydrogens is 480 g/mol. The largest absolute Gasteiger partial charge is 0.378 e. The Labute approximate surface area is 219 Å². The van der Waals surface area contributed by atoms with E-state index in [1.165, 1.54) is 4.57 Å². The summed E-state index contributed by atoms with van der Waals surface area (Å²) in [5.41, 5.74) is 3.11. The van der Waals surface area contributed by atoms with Gasteiger partial charge in [-0.3, -0.25) is 14.4 Å². The van der Waals surface area contributed by atoms with Gasteiger partial charge in [-0.15, -0.1) is 0 Å². The number of hydrogen-bond acceptors (Lipinski definition) is 5. The topological polar surface area (TPSA) is 96.4 Å². The zero-order chi connectivity index (χ0) is 26.5. The fourth-order valence-corrected chi connectivity index (χ4v) is 4.33. The van der Waals surface area contributed by atoms with Crippen molar-refractivity contribution in [3.05, 3.63) is 127 Å². The molecule has 1 aromatic heterocycles. The molecule has 0 spiro atoms. The number of nitrogens with one attached hydrogen (secondary N) is 2. The average Bonchev–Trinajstić information content (AvgIpc) is 2.96. The summed E-state index contributed by atoms with van der Waals surface area (Å²) in [4.78, 5) is 43.3. The first-order valence-electron chi connectivity index (χ1n) is 12.4. The first-order valence-corrected chi connectivity index (χ1v) is 12.4. The number of nitrogens with zero attached hydrogens (tertiary/aromatic N) is 2. The van der Waals surface area contributed by atoms with Gasteiger partial charge in [0.05, 0.1) is 13.2 Å². The summed E-state index contributed by atoms with van der Waals surface area (Å²) >= 11 is 0. The van der Waals surface area contributed by atoms with Gasteiger partial charge in [0.15, 0.2) is 0 Å². The van der Waals surface area contributed by atoms with Crippen LogP contribution in [0.4, 0.5) is 11.4 Å². The second-order valence-electron chi connectivity index (χ2n) is 9.04. The fourth-order valence-electron chi connectivity index (χ4n) is 4.33. The van der Waals surface area contributed by atoms with Crippen molar-refractivity contribution in [2.24, 2.45) is 7.05 Å². The lowest BCUT2D eigenvalue weighted by Gasteiger charge is -2.28. The summed E-state index contributed by atoms with van der Waals surface area (Å²) < 4.78 is 6.73. The second kappa shape index (κ2) is 11.1. The quantitative estimate of drug-likeness (QED) is 0.429. The Morgan fingerprint density at radius 3 is 2.21 bits per heavy atom. The van der Waals surface area contributed by atoms with E-state index in [4.69, 9.17) is 4.74 Å². The van der Waals surface area contributed by atoms with Crippen molar-refractivity contribution in [1.82, 2.24) is 9.55 Å². The average molecular weight is 509 g/mol.